The van der Waals surface area contributed by atoms with E-state index < -0.39 is 23.7 Å². The molecule has 244 valence electrons. The predicted octanol–water partition coefficient (Wildman–Crippen LogP) is 4.30. The fraction of sp³-hybridized carbons (Fsp3) is 0.647. The molecule has 2 rings (SSSR count). The number of phenolic OH excluding ortho intramolecular Hbond substituents is 1. The van der Waals surface area contributed by atoms with Crippen LogP contribution in [-0.4, -0.2) is 97.7 Å². The quantitative estimate of drug-likeness (QED) is 0.175. The minimum absolute atomic E-state index is 0.145. The molecule has 0 fully saturated rings. The molecule has 0 saturated carbocycles. The van der Waals surface area contributed by atoms with E-state index in [1.807, 2.05) is 39.0 Å². The number of phenols is 1. The number of hydrogen-bond donors (Lipinski definition) is 4. The van der Waals surface area contributed by atoms with Gasteiger partial charge in [0.05, 0.1) is 76.6 Å². The van der Waals surface area contributed by atoms with Gasteiger partial charge in [0, 0.05) is 5.41 Å². The van der Waals surface area contributed by atoms with Crippen LogP contribution in [0.25, 0.3) is 0 Å². The Morgan fingerprint density at radius 2 is 1.05 bits per heavy atom. The van der Waals surface area contributed by atoms with Crippen LogP contribution in [-0.2, 0) is 24.4 Å². The molecule has 0 amide bonds. The van der Waals surface area contributed by atoms with E-state index in [1.54, 1.807) is 26.8 Å². The predicted molar refractivity (Wildman–Crippen MR) is 167 cm³/mol. The number of benzene rings is 2. The van der Waals surface area contributed by atoms with Gasteiger partial charge in [0.25, 0.3) is 0 Å². The lowest BCUT2D eigenvalue weighted by Crippen LogP contribution is -2.43. The van der Waals surface area contributed by atoms with Crippen LogP contribution >= 0.6 is 0 Å². The number of aromatic hydroxyl groups is 1. The van der Waals surface area contributed by atoms with Gasteiger partial charge in [-0.15, -0.1) is 0 Å². The van der Waals surface area contributed by atoms with Gasteiger partial charge in [0.2, 0.25) is 0 Å². The zero-order valence-corrected chi connectivity index (χ0v) is 27.3. The van der Waals surface area contributed by atoms with Crippen molar-refractivity contribution in [3.63, 3.8) is 0 Å². The molecule has 0 aliphatic heterocycles. The molecule has 9 heteroatoms. The normalized spacial score (nSPS) is 16.3. The van der Waals surface area contributed by atoms with E-state index in [9.17, 15) is 20.4 Å². The smallest absolute Gasteiger partial charge is 0.122 e. The minimum atomic E-state index is -0.728. The molecule has 2 aromatic carbocycles. The average Bonchev–Trinajstić information content (AvgIpc) is 2.90. The summed E-state index contributed by atoms with van der Waals surface area (Å²) in [5, 5.41) is 39.0. The van der Waals surface area contributed by atoms with Crippen molar-refractivity contribution in [2.45, 2.75) is 85.2 Å². The summed E-state index contributed by atoms with van der Waals surface area (Å²) in [5.74, 6) is 1.06. The lowest BCUT2D eigenvalue weighted by atomic mass is 9.77. The molecule has 0 spiro atoms. The molecule has 0 aliphatic rings. The second-order valence-electron chi connectivity index (χ2n) is 12.6. The Balaban J connectivity index is 2.08. The van der Waals surface area contributed by atoms with E-state index in [1.165, 1.54) is 0 Å². The number of rotatable bonds is 20. The summed E-state index contributed by atoms with van der Waals surface area (Å²) in [4.78, 5) is 0. The molecule has 4 N–H and O–H groups in total. The molecule has 4 atom stereocenters. The summed E-state index contributed by atoms with van der Waals surface area (Å²) in [5.41, 5.74) is 3.12. The van der Waals surface area contributed by atoms with Gasteiger partial charge in [-0.25, -0.2) is 0 Å². The first-order valence-corrected chi connectivity index (χ1v) is 15.1. The van der Waals surface area contributed by atoms with Crippen molar-refractivity contribution in [3.05, 3.63) is 58.7 Å². The third-order valence-corrected chi connectivity index (χ3v) is 7.21. The van der Waals surface area contributed by atoms with Crippen LogP contribution in [0.5, 0.6) is 11.5 Å². The van der Waals surface area contributed by atoms with Gasteiger partial charge in [0.15, 0.2) is 0 Å². The fourth-order valence-electron chi connectivity index (χ4n) is 4.66. The summed E-state index contributed by atoms with van der Waals surface area (Å²) in [7, 11) is 0. The number of ether oxygens (including phenoxy) is 5. The van der Waals surface area contributed by atoms with Crippen LogP contribution in [0.1, 0.15) is 63.8 Å². The highest BCUT2D eigenvalue weighted by molar-refractivity contribution is 5.46. The molecule has 0 heterocycles. The van der Waals surface area contributed by atoms with Gasteiger partial charge in [-0.05, 0) is 75.9 Å². The van der Waals surface area contributed by atoms with Crippen molar-refractivity contribution in [1.29, 1.82) is 0 Å². The topological polar surface area (TPSA) is 127 Å². The molecule has 4 unspecified atom stereocenters. The lowest BCUT2D eigenvalue weighted by molar-refractivity contribution is -0.128. The Kier molecular flexibility index (Phi) is 14.9. The van der Waals surface area contributed by atoms with Gasteiger partial charge < -0.3 is 44.1 Å². The van der Waals surface area contributed by atoms with Crippen LogP contribution in [0.4, 0.5) is 0 Å². The van der Waals surface area contributed by atoms with Crippen molar-refractivity contribution in [2.75, 3.05) is 52.9 Å². The Hall–Kier alpha value is -2.24. The lowest BCUT2D eigenvalue weighted by Gasteiger charge is -2.34. The van der Waals surface area contributed by atoms with Gasteiger partial charge in [-0.1, -0.05) is 38.1 Å². The SMILES string of the molecule is Cc1cc(C(C)(C)c2ccc(OC(C)COCC(COCC(C)O)(COCC(C)O)COCC(C)O)c(C)c2)ccc1O. The van der Waals surface area contributed by atoms with E-state index in [0.717, 1.165) is 28.0 Å². The number of aryl methyl sites for hydroxylation is 2. The number of hydrogen-bond acceptors (Lipinski definition) is 9. The fourth-order valence-corrected chi connectivity index (χ4v) is 4.66. The van der Waals surface area contributed by atoms with Crippen molar-refractivity contribution < 1.29 is 44.1 Å². The summed E-state index contributed by atoms with van der Waals surface area (Å²) in [6.07, 6.45) is -2.15. The highest BCUT2D eigenvalue weighted by Gasteiger charge is 2.33. The first-order chi connectivity index (χ1) is 20.1. The highest BCUT2D eigenvalue weighted by atomic mass is 16.5. The molecular formula is C34H54O9. The third kappa shape index (κ3) is 12.3. The molecule has 0 bridgehead atoms. The van der Waals surface area contributed by atoms with E-state index in [2.05, 4.69) is 26.0 Å². The van der Waals surface area contributed by atoms with E-state index in [-0.39, 0.29) is 57.8 Å². The van der Waals surface area contributed by atoms with E-state index in [4.69, 9.17) is 23.7 Å². The van der Waals surface area contributed by atoms with Crippen LogP contribution in [0.15, 0.2) is 36.4 Å². The largest absolute Gasteiger partial charge is 0.508 e. The Labute approximate surface area is 257 Å². The number of aliphatic hydroxyl groups excluding tert-OH is 3. The molecule has 0 radical (unpaired) electrons. The van der Waals surface area contributed by atoms with E-state index in [0.29, 0.717) is 12.4 Å². The van der Waals surface area contributed by atoms with Crippen molar-refractivity contribution in [3.8, 4) is 11.5 Å². The summed E-state index contributed by atoms with van der Waals surface area (Å²) in [6, 6.07) is 11.9. The molecule has 0 saturated heterocycles. The molecule has 0 aliphatic carbocycles. The number of aliphatic hydroxyl groups is 3. The Bertz CT molecular complexity index is 1060. The summed E-state index contributed by atoms with van der Waals surface area (Å²) >= 11 is 0. The Morgan fingerprint density at radius 1 is 0.628 bits per heavy atom. The standard InChI is InChI=1S/C34H54O9/c1-23-13-29(9-11-31(23)38)33(7,8)30-10-12-32(24(2)14-30)43-28(6)18-42-22-34(19-39-15-25(3)35,20-40-16-26(4)36)21-41-17-27(5)37/h9-14,25-28,35-38H,15-22H2,1-8H3. The molecule has 2 aromatic rings. The monoisotopic (exact) mass is 606 g/mol. The minimum Gasteiger partial charge on any atom is -0.508 e. The van der Waals surface area contributed by atoms with Crippen LogP contribution in [0, 0.1) is 19.3 Å². The first kappa shape index (κ1) is 36.9. The van der Waals surface area contributed by atoms with Gasteiger partial charge in [0.1, 0.15) is 17.6 Å². The van der Waals surface area contributed by atoms with Crippen molar-refractivity contribution in [1.82, 2.24) is 0 Å². The average molecular weight is 607 g/mol. The summed E-state index contributed by atoms with van der Waals surface area (Å²) < 4.78 is 29.7. The van der Waals surface area contributed by atoms with Crippen LogP contribution < -0.4 is 4.74 Å². The second kappa shape index (κ2) is 17.3. The maximum atomic E-state index is 9.95. The van der Waals surface area contributed by atoms with Crippen LogP contribution in [0.2, 0.25) is 0 Å². The molecule has 0 aromatic heterocycles. The van der Waals surface area contributed by atoms with Gasteiger partial charge in [-0.2, -0.15) is 0 Å². The molecular weight excluding hydrogens is 552 g/mol. The van der Waals surface area contributed by atoms with Gasteiger partial charge >= 0.3 is 0 Å². The highest BCUT2D eigenvalue weighted by Crippen LogP contribution is 2.36. The van der Waals surface area contributed by atoms with Crippen molar-refractivity contribution >= 4 is 0 Å². The second-order valence-corrected chi connectivity index (χ2v) is 12.6. The van der Waals surface area contributed by atoms with E-state index >= 15 is 0 Å². The van der Waals surface area contributed by atoms with Crippen molar-refractivity contribution in [2.24, 2.45) is 5.41 Å². The zero-order chi connectivity index (χ0) is 32.2. The summed E-state index contributed by atoms with van der Waals surface area (Å²) in [6.45, 7) is 16.7. The Morgan fingerprint density at radius 3 is 1.47 bits per heavy atom. The maximum Gasteiger partial charge on any atom is 0.122 e. The maximum absolute atomic E-state index is 9.95. The zero-order valence-electron chi connectivity index (χ0n) is 27.3. The first-order valence-electron chi connectivity index (χ1n) is 15.1. The molecule has 43 heavy (non-hydrogen) atoms. The third-order valence-electron chi connectivity index (χ3n) is 7.21. The van der Waals surface area contributed by atoms with Crippen LogP contribution in [0.3, 0.4) is 0 Å². The molecule has 9 nitrogen and oxygen atoms in total. The van der Waals surface area contributed by atoms with Gasteiger partial charge in [-0.3, -0.25) is 0 Å².